The smallest absolute Gasteiger partial charge is 0.330 e. The largest absolute Gasteiger partial charge is 0.496 e. The molecule has 1 aliphatic heterocycles. The number of aliphatic carboxylic acids is 1. The molecule has 5 atom stereocenters. The summed E-state index contributed by atoms with van der Waals surface area (Å²) >= 11 is 1.28. The van der Waals surface area contributed by atoms with Crippen LogP contribution in [0.2, 0.25) is 0 Å². The Hall–Kier alpha value is -5.25. The van der Waals surface area contributed by atoms with Crippen LogP contribution in [0, 0.1) is 30.6 Å². The van der Waals surface area contributed by atoms with Crippen LogP contribution >= 0.6 is 11.3 Å². The first-order valence-corrected chi connectivity index (χ1v) is 21.5. The highest BCUT2D eigenvalue weighted by Crippen LogP contribution is 2.45. The Labute approximate surface area is 355 Å². The zero-order chi connectivity index (χ0) is 43.9. The van der Waals surface area contributed by atoms with Crippen molar-refractivity contribution in [1.29, 1.82) is 0 Å². The Kier molecular flexibility index (Phi) is 12.6. The van der Waals surface area contributed by atoms with E-state index in [0.29, 0.717) is 45.3 Å². The number of aromatic nitrogens is 2. The maximum atomic E-state index is 14.7. The van der Waals surface area contributed by atoms with Gasteiger partial charge in [0.25, 0.3) is 0 Å². The van der Waals surface area contributed by atoms with E-state index < -0.39 is 58.9 Å². The Morgan fingerprint density at radius 3 is 2.37 bits per heavy atom. The Bertz CT molecular complexity index is 2190. The molecule has 0 radical (unpaired) electrons. The number of pyridine rings is 1. The molecule has 1 aromatic carbocycles. The molecule has 16 heteroatoms. The number of aryl methyl sites for hydroxylation is 2. The topological polar surface area (TPSA) is 201 Å². The molecule has 5 N–H and O–H groups in total. The second-order valence-electron chi connectivity index (χ2n) is 18.8. The van der Waals surface area contributed by atoms with Crippen molar-refractivity contribution in [2.24, 2.45) is 16.7 Å². The maximum Gasteiger partial charge on any atom is 0.330 e. The van der Waals surface area contributed by atoms with Crippen LogP contribution in [0.1, 0.15) is 97.6 Å². The number of carboxylic acid groups (broad SMARTS) is 1. The third kappa shape index (κ3) is 9.53. The van der Waals surface area contributed by atoms with Crippen LogP contribution in [-0.4, -0.2) is 93.1 Å². The molecular weight excluding hydrogens is 787 g/mol. The number of methoxy groups -OCH3 is 1. The van der Waals surface area contributed by atoms with E-state index in [1.165, 1.54) is 22.3 Å². The number of carbonyl (C=O) groups excluding carboxylic acids is 4. The number of likely N-dealkylation sites (tertiary alicyclic amines) is 1. The minimum Gasteiger partial charge on any atom is -0.496 e. The zero-order valence-corrected chi connectivity index (χ0v) is 36.9. The van der Waals surface area contributed by atoms with Crippen LogP contribution in [0.15, 0.2) is 30.2 Å². The number of thiazole rings is 1. The van der Waals surface area contributed by atoms with E-state index in [4.69, 9.17) is 19.4 Å². The zero-order valence-electron chi connectivity index (χ0n) is 36.1. The summed E-state index contributed by atoms with van der Waals surface area (Å²) in [5.74, 6) is -1.85. The third-order valence-electron chi connectivity index (χ3n) is 11.6. The number of fused-ring (bicyclic) bond motifs is 1. The third-order valence-corrected chi connectivity index (χ3v) is 12.3. The Morgan fingerprint density at radius 1 is 1.07 bits per heavy atom. The normalized spacial score (nSPS) is 22.2. The number of anilines is 1. The molecule has 6 rings (SSSR count). The number of carboxylic acids is 1. The van der Waals surface area contributed by atoms with Gasteiger partial charge in [0.2, 0.25) is 17.7 Å². The van der Waals surface area contributed by atoms with Crippen LogP contribution < -0.4 is 30.7 Å². The molecule has 3 fully saturated rings. The van der Waals surface area contributed by atoms with Gasteiger partial charge < -0.3 is 40.7 Å². The first-order valence-electron chi connectivity index (χ1n) is 20.6. The molecule has 1 saturated heterocycles. The van der Waals surface area contributed by atoms with Crippen LogP contribution in [0.3, 0.4) is 0 Å². The van der Waals surface area contributed by atoms with Crippen LogP contribution in [0.5, 0.6) is 11.5 Å². The van der Waals surface area contributed by atoms with Gasteiger partial charge in [0.1, 0.15) is 40.9 Å². The first kappa shape index (κ1) is 44.3. The highest BCUT2D eigenvalue weighted by atomic mass is 32.1. The molecule has 5 amide bonds. The summed E-state index contributed by atoms with van der Waals surface area (Å²) in [4.78, 5) is 78.6. The van der Waals surface area contributed by atoms with Gasteiger partial charge in [-0.2, -0.15) is 0 Å². The number of urea groups is 1. The summed E-state index contributed by atoms with van der Waals surface area (Å²) in [6.07, 6.45) is 5.06. The summed E-state index contributed by atoms with van der Waals surface area (Å²) in [5.41, 5.74) is 0.679. The van der Waals surface area contributed by atoms with Crippen molar-refractivity contribution >= 4 is 57.1 Å². The second kappa shape index (κ2) is 17.0. The van der Waals surface area contributed by atoms with E-state index >= 15 is 0 Å². The van der Waals surface area contributed by atoms with Gasteiger partial charge in [0.15, 0.2) is 5.13 Å². The summed E-state index contributed by atoms with van der Waals surface area (Å²) in [7, 11) is 1.59. The fourth-order valence-electron chi connectivity index (χ4n) is 8.40. The van der Waals surface area contributed by atoms with Crippen LogP contribution in [-0.2, 0) is 19.2 Å². The average Bonchev–Trinajstić information content (AvgIpc) is 3.56. The van der Waals surface area contributed by atoms with Gasteiger partial charge in [0, 0.05) is 47.2 Å². The van der Waals surface area contributed by atoms with Crippen LogP contribution in [0.25, 0.3) is 22.3 Å². The number of hydrogen-bond donors (Lipinski definition) is 5. The fraction of sp³-hybridized carbons (Fsp3) is 0.568. The molecule has 3 aliphatic rings. The quantitative estimate of drug-likeness (QED) is 0.118. The van der Waals surface area contributed by atoms with Crippen molar-refractivity contribution in [3.8, 4) is 22.9 Å². The van der Waals surface area contributed by atoms with Crippen molar-refractivity contribution < 1.29 is 38.6 Å². The van der Waals surface area contributed by atoms with Gasteiger partial charge in [-0.15, -0.1) is 17.9 Å². The lowest BCUT2D eigenvalue weighted by atomic mass is 9.85. The highest BCUT2D eigenvalue weighted by molar-refractivity contribution is 7.14. The van der Waals surface area contributed by atoms with E-state index in [9.17, 15) is 29.1 Å². The van der Waals surface area contributed by atoms with E-state index in [1.54, 1.807) is 18.6 Å². The highest BCUT2D eigenvalue weighted by Gasteiger charge is 2.61. The molecule has 0 bridgehead atoms. The number of ether oxygens (including phenoxy) is 2. The van der Waals surface area contributed by atoms with E-state index in [-0.39, 0.29) is 36.8 Å². The SMILES string of the molecule is C=CC1C[C@]1(NC(=O)[C@@H]1C[C@@H](Oc2cc(-c3csc(NC(=O)CC(C)(C)C)n3)nc3c(C)c(OC)c(C)cc23)CN1C(=O)[C@@H](NC(=O)NC1CCCC1)C(C)(C)C)C(=O)O. The van der Waals surface area contributed by atoms with Gasteiger partial charge in [0.05, 0.1) is 24.9 Å². The molecule has 2 saturated carbocycles. The maximum absolute atomic E-state index is 14.7. The van der Waals surface area contributed by atoms with E-state index in [0.717, 1.165) is 36.8 Å². The lowest BCUT2D eigenvalue weighted by Crippen LogP contribution is -2.60. The predicted molar refractivity (Wildman–Crippen MR) is 230 cm³/mol. The fourth-order valence-corrected chi connectivity index (χ4v) is 9.12. The Morgan fingerprint density at radius 2 is 1.77 bits per heavy atom. The Balaban J connectivity index is 1.35. The monoisotopic (exact) mass is 845 g/mol. The first-order chi connectivity index (χ1) is 28.1. The van der Waals surface area contributed by atoms with E-state index in [1.807, 2.05) is 61.5 Å². The predicted octanol–water partition coefficient (Wildman–Crippen LogP) is 6.51. The lowest BCUT2D eigenvalue weighted by Gasteiger charge is -2.35. The molecule has 0 spiro atoms. The molecule has 2 aromatic heterocycles. The summed E-state index contributed by atoms with van der Waals surface area (Å²) in [6, 6.07) is 1.07. The molecule has 2 aliphatic carbocycles. The number of hydrogen-bond acceptors (Lipinski definition) is 10. The van der Waals surface area contributed by atoms with Gasteiger partial charge in [-0.3, -0.25) is 14.4 Å². The number of amides is 5. The van der Waals surface area contributed by atoms with Crippen molar-refractivity contribution in [2.45, 2.75) is 130 Å². The lowest BCUT2D eigenvalue weighted by molar-refractivity contribution is -0.146. The van der Waals surface area contributed by atoms with E-state index in [2.05, 4.69) is 27.8 Å². The second-order valence-corrected chi connectivity index (χ2v) is 19.6. The van der Waals surface area contributed by atoms with Gasteiger partial charge in [-0.1, -0.05) is 60.5 Å². The molecule has 324 valence electrons. The van der Waals surface area contributed by atoms with Gasteiger partial charge in [-0.25, -0.2) is 19.6 Å². The summed E-state index contributed by atoms with van der Waals surface area (Å²) < 4.78 is 12.6. The van der Waals surface area contributed by atoms with Gasteiger partial charge >= 0.3 is 12.0 Å². The molecule has 60 heavy (non-hydrogen) atoms. The molecule has 15 nitrogen and oxygen atoms in total. The number of benzene rings is 1. The van der Waals surface area contributed by atoms with Crippen molar-refractivity contribution in [2.75, 3.05) is 19.0 Å². The minimum absolute atomic E-state index is 0.0165. The molecule has 1 unspecified atom stereocenters. The molecule has 3 heterocycles. The molecular formula is C44H59N7O8S. The summed E-state index contributed by atoms with van der Waals surface area (Å²) in [5, 5.41) is 24.6. The number of carbonyl (C=O) groups is 5. The average molecular weight is 846 g/mol. The summed E-state index contributed by atoms with van der Waals surface area (Å²) in [6.45, 7) is 19.0. The van der Waals surface area contributed by atoms with Gasteiger partial charge in [-0.05, 0) is 55.6 Å². The van der Waals surface area contributed by atoms with Crippen LogP contribution in [0.4, 0.5) is 9.93 Å². The number of nitrogens with zero attached hydrogens (tertiary/aromatic N) is 3. The van der Waals surface area contributed by atoms with Crippen molar-refractivity contribution in [3.63, 3.8) is 0 Å². The number of rotatable bonds is 13. The molecule has 3 aromatic rings. The van der Waals surface area contributed by atoms with Crippen molar-refractivity contribution in [1.82, 2.24) is 30.8 Å². The standard InChI is InChI=1S/C44H59N7O8S/c1-11-25-19-44(25,39(55)56)50-37(53)31-17-27(21-51(31)38(54)36(43(7,8)9)49-40(57)45-26-14-12-13-15-26)59-32-18-29(46-34-24(3)35(58-10)23(2)16-28(32)34)30-22-60-41(47-30)48-33(52)20-42(4,5)6/h11,16,18,22,25-27,31,36H,1,12-15,17,19-21H2,2-10H3,(H,50,53)(H,55,56)(H2,45,49,57)(H,47,48,52)/t25?,27-,31+,36-,44-/m1/s1. The minimum atomic E-state index is -1.53. The van der Waals surface area contributed by atoms with Crippen molar-refractivity contribution in [3.05, 3.63) is 41.3 Å². The number of nitrogens with one attached hydrogen (secondary N) is 4.